The number of anilines is 2. The number of fused-ring (bicyclic) bond motifs is 1. The molecule has 1 saturated heterocycles. The molecule has 0 amide bonds. The van der Waals surface area contributed by atoms with Gasteiger partial charge in [-0.2, -0.15) is 0 Å². The molecule has 1 aromatic carbocycles. The van der Waals surface area contributed by atoms with E-state index in [9.17, 15) is 0 Å². The molecule has 2 heterocycles. The largest absolute Gasteiger partial charge is 0.396 e. The number of benzene rings is 1. The third kappa shape index (κ3) is 2.02. The molecule has 0 radical (unpaired) electrons. The van der Waals surface area contributed by atoms with Crippen molar-refractivity contribution in [2.45, 2.75) is 19.4 Å². The van der Waals surface area contributed by atoms with Crippen molar-refractivity contribution in [1.82, 2.24) is 4.98 Å². The van der Waals surface area contributed by atoms with Crippen LogP contribution in [0, 0.1) is 0 Å². The summed E-state index contributed by atoms with van der Waals surface area (Å²) in [6, 6.07) is 8.05. The number of pyridine rings is 1. The molecule has 0 unspecified atom stereocenters. The number of morpholine rings is 1. The summed E-state index contributed by atoms with van der Waals surface area (Å²) in [5.41, 5.74) is 9.13. The molecular formula is C15H19N3O. The van der Waals surface area contributed by atoms with Gasteiger partial charge in [0.25, 0.3) is 0 Å². The van der Waals surface area contributed by atoms with Crippen LogP contribution in [0.25, 0.3) is 10.9 Å². The molecule has 1 fully saturated rings. The van der Waals surface area contributed by atoms with Crippen molar-refractivity contribution in [2.24, 2.45) is 0 Å². The molecule has 2 N–H and O–H groups in total. The second-order valence-corrected chi connectivity index (χ2v) is 5.59. The van der Waals surface area contributed by atoms with Crippen molar-refractivity contribution >= 4 is 22.3 Å². The number of nitrogens with zero attached hydrogens (tertiary/aromatic N) is 2. The zero-order valence-electron chi connectivity index (χ0n) is 11.4. The van der Waals surface area contributed by atoms with Crippen molar-refractivity contribution in [3.63, 3.8) is 0 Å². The lowest BCUT2D eigenvalue weighted by atomic mass is 10.00. The summed E-state index contributed by atoms with van der Waals surface area (Å²) in [5, 5.41) is 1.02. The van der Waals surface area contributed by atoms with Crippen LogP contribution in [0.1, 0.15) is 13.8 Å². The minimum Gasteiger partial charge on any atom is -0.396 e. The highest BCUT2D eigenvalue weighted by Gasteiger charge is 2.31. The fourth-order valence-corrected chi connectivity index (χ4v) is 2.70. The van der Waals surface area contributed by atoms with E-state index < -0.39 is 0 Å². The van der Waals surface area contributed by atoms with Crippen LogP contribution in [0.15, 0.2) is 30.5 Å². The maximum atomic E-state index is 6.35. The van der Waals surface area contributed by atoms with E-state index in [1.54, 1.807) is 6.20 Å². The van der Waals surface area contributed by atoms with E-state index in [-0.39, 0.29) is 5.54 Å². The van der Waals surface area contributed by atoms with Crippen molar-refractivity contribution in [3.8, 4) is 0 Å². The fourth-order valence-electron chi connectivity index (χ4n) is 2.70. The maximum absolute atomic E-state index is 6.35. The smallest absolute Gasteiger partial charge is 0.0724 e. The first kappa shape index (κ1) is 12.2. The minimum atomic E-state index is -0.0394. The Morgan fingerprint density at radius 1 is 1.32 bits per heavy atom. The van der Waals surface area contributed by atoms with Gasteiger partial charge in [-0.1, -0.05) is 0 Å². The van der Waals surface area contributed by atoms with E-state index in [1.807, 2.05) is 18.2 Å². The van der Waals surface area contributed by atoms with Crippen molar-refractivity contribution < 1.29 is 4.74 Å². The Morgan fingerprint density at radius 3 is 2.95 bits per heavy atom. The Hall–Kier alpha value is -1.81. The number of ether oxygens (including phenoxy) is 1. The number of hydrogen-bond acceptors (Lipinski definition) is 4. The van der Waals surface area contributed by atoms with E-state index in [1.165, 1.54) is 0 Å². The normalized spacial score (nSPS) is 18.7. The number of rotatable bonds is 1. The molecule has 3 rings (SSSR count). The highest BCUT2D eigenvalue weighted by atomic mass is 16.5. The number of hydrogen-bond donors (Lipinski definition) is 1. The minimum absolute atomic E-state index is 0.0394. The van der Waals surface area contributed by atoms with Crippen LogP contribution in [0.5, 0.6) is 0 Å². The first-order valence-electron chi connectivity index (χ1n) is 6.58. The molecular weight excluding hydrogens is 238 g/mol. The van der Waals surface area contributed by atoms with Crippen molar-refractivity contribution in [1.29, 1.82) is 0 Å². The molecule has 0 aliphatic carbocycles. The van der Waals surface area contributed by atoms with Crippen molar-refractivity contribution in [2.75, 3.05) is 30.4 Å². The Kier molecular flexibility index (Phi) is 2.82. The van der Waals surface area contributed by atoms with E-state index in [2.05, 4.69) is 29.8 Å². The van der Waals surface area contributed by atoms with Gasteiger partial charge >= 0.3 is 0 Å². The SMILES string of the molecule is CC1(C)COCCN1c1ccc2ncccc2c1N. The van der Waals surface area contributed by atoms with Crippen LogP contribution in [-0.4, -0.2) is 30.3 Å². The molecule has 1 aliphatic heterocycles. The summed E-state index contributed by atoms with van der Waals surface area (Å²) >= 11 is 0. The van der Waals surface area contributed by atoms with Gasteiger partial charge in [-0.05, 0) is 38.1 Å². The summed E-state index contributed by atoms with van der Waals surface area (Å²) in [6.45, 7) is 6.69. The van der Waals surface area contributed by atoms with Gasteiger partial charge in [0.2, 0.25) is 0 Å². The zero-order chi connectivity index (χ0) is 13.5. The van der Waals surface area contributed by atoms with Gasteiger partial charge in [0, 0.05) is 18.1 Å². The first-order chi connectivity index (χ1) is 9.09. The fraction of sp³-hybridized carbons (Fsp3) is 0.400. The molecule has 0 saturated carbocycles. The number of nitrogen functional groups attached to an aromatic ring is 1. The van der Waals surface area contributed by atoms with E-state index in [0.29, 0.717) is 0 Å². The van der Waals surface area contributed by atoms with Gasteiger partial charge in [-0.25, -0.2) is 0 Å². The van der Waals surface area contributed by atoms with Gasteiger partial charge in [0.15, 0.2) is 0 Å². The lowest BCUT2D eigenvalue weighted by Gasteiger charge is -2.44. The van der Waals surface area contributed by atoms with Crippen LogP contribution in [0.4, 0.5) is 11.4 Å². The summed E-state index contributed by atoms with van der Waals surface area (Å²) < 4.78 is 5.57. The average Bonchev–Trinajstić information content (AvgIpc) is 2.40. The predicted molar refractivity (Wildman–Crippen MR) is 78.4 cm³/mol. The zero-order valence-corrected chi connectivity index (χ0v) is 11.4. The van der Waals surface area contributed by atoms with Gasteiger partial charge in [0.05, 0.1) is 35.6 Å². The van der Waals surface area contributed by atoms with Crippen molar-refractivity contribution in [3.05, 3.63) is 30.5 Å². The third-order valence-electron chi connectivity index (χ3n) is 3.74. The van der Waals surface area contributed by atoms with Gasteiger partial charge in [-0.15, -0.1) is 0 Å². The lowest BCUT2D eigenvalue weighted by Crippen LogP contribution is -2.53. The second-order valence-electron chi connectivity index (χ2n) is 5.59. The molecule has 1 aromatic heterocycles. The Bertz CT molecular complexity index is 609. The Morgan fingerprint density at radius 2 is 2.16 bits per heavy atom. The molecule has 0 bridgehead atoms. The molecule has 0 atom stereocenters. The average molecular weight is 257 g/mol. The maximum Gasteiger partial charge on any atom is 0.0724 e. The number of nitrogens with two attached hydrogens (primary N) is 1. The quantitative estimate of drug-likeness (QED) is 0.797. The van der Waals surface area contributed by atoms with E-state index in [0.717, 1.165) is 42.0 Å². The monoisotopic (exact) mass is 257 g/mol. The molecule has 2 aromatic rings. The third-order valence-corrected chi connectivity index (χ3v) is 3.74. The second kappa shape index (κ2) is 4.38. The molecule has 1 aliphatic rings. The molecule has 100 valence electrons. The Balaban J connectivity index is 2.12. The van der Waals surface area contributed by atoms with E-state index >= 15 is 0 Å². The van der Waals surface area contributed by atoms with Crippen LogP contribution < -0.4 is 10.6 Å². The van der Waals surface area contributed by atoms with Gasteiger partial charge < -0.3 is 15.4 Å². The van der Waals surface area contributed by atoms with Gasteiger partial charge in [-0.3, -0.25) is 4.98 Å². The van der Waals surface area contributed by atoms with Gasteiger partial charge in [0.1, 0.15) is 0 Å². The van der Waals surface area contributed by atoms with Crippen LogP contribution in [0.2, 0.25) is 0 Å². The summed E-state index contributed by atoms with van der Waals surface area (Å²) in [7, 11) is 0. The van der Waals surface area contributed by atoms with E-state index in [4.69, 9.17) is 10.5 Å². The highest BCUT2D eigenvalue weighted by Crippen LogP contribution is 2.35. The lowest BCUT2D eigenvalue weighted by molar-refractivity contribution is 0.0645. The van der Waals surface area contributed by atoms with Crippen LogP contribution >= 0.6 is 0 Å². The standard InChI is InChI=1S/C15H19N3O/c1-15(2)10-19-9-8-18(15)13-6-5-12-11(14(13)16)4-3-7-17-12/h3-7H,8-10,16H2,1-2H3. The Labute approximate surface area is 113 Å². The number of aromatic nitrogens is 1. The topological polar surface area (TPSA) is 51.4 Å². The molecule has 19 heavy (non-hydrogen) atoms. The van der Waals surface area contributed by atoms with Crippen LogP contribution in [0.3, 0.4) is 0 Å². The predicted octanol–water partition coefficient (Wildman–Crippen LogP) is 2.43. The molecule has 4 heteroatoms. The summed E-state index contributed by atoms with van der Waals surface area (Å²) in [5.74, 6) is 0. The summed E-state index contributed by atoms with van der Waals surface area (Å²) in [4.78, 5) is 6.67. The highest BCUT2D eigenvalue weighted by molar-refractivity contribution is 5.97. The molecule has 0 spiro atoms. The summed E-state index contributed by atoms with van der Waals surface area (Å²) in [6.07, 6.45) is 1.79. The molecule has 4 nitrogen and oxygen atoms in total. The van der Waals surface area contributed by atoms with Crippen LogP contribution in [-0.2, 0) is 4.74 Å². The first-order valence-corrected chi connectivity index (χ1v) is 6.58.